The third-order valence-corrected chi connectivity index (χ3v) is 7.62. The molecule has 0 aliphatic rings. The van der Waals surface area contributed by atoms with Crippen LogP contribution in [-0.2, 0) is 21.2 Å². The van der Waals surface area contributed by atoms with Crippen LogP contribution in [0.5, 0.6) is 11.5 Å². The van der Waals surface area contributed by atoms with Crippen molar-refractivity contribution in [1.82, 2.24) is 9.62 Å². The van der Waals surface area contributed by atoms with E-state index in [1.807, 2.05) is 50.2 Å². The quantitative estimate of drug-likeness (QED) is 0.432. The van der Waals surface area contributed by atoms with E-state index in [9.17, 15) is 13.2 Å². The number of aryl methyl sites for hydroxylation is 1. The maximum Gasteiger partial charge on any atom is 0.243 e. The molecule has 3 aromatic rings. The SMILES string of the molecule is COc1ccc([C@H](C)NC(=O)CN(CCc2ccccc2)S(=O)(=O)c2ccc(C)cc2)cc1OC. The van der Waals surface area contributed by atoms with Crippen LogP contribution in [0.15, 0.2) is 77.7 Å². The normalized spacial score (nSPS) is 12.3. The lowest BCUT2D eigenvalue weighted by molar-refractivity contribution is -0.121. The lowest BCUT2D eigenvalue weighted by Crippen LogP contribution is -2.42. The number of sulfonamides is 1. The number of nitrogens with one attached hydrogen (secondary N) is 1. The number of carbonyl (C=O) groups is 1. The number of hydrogen-bond acceptors (Lipinski definition) is 5. The number of hydrogen-bond donors (Lipinski definition) is 1. The second-order valence-corrected chi connectivity index (χ2v) is 10.2. The van der Waals surface area contributed by atoms with Gasteiger partial charge in [-0.3, -0.25) is 4.79 Å². The van der Waals surface area contributed by atoms with Gasteiger partial charge in [-0.25, -0.2) is 8.42 Å². The van der Waals surface area contributed by atoms with Gasteiger partial charge in [0, 0.05) is 6.54 Å². The predicted octanol–water partition coefficient (Wildman–Crippen LogP) is 4.12. The minimum Gasteiger partial charge on any atom is -0.493 e. The van der Waals surface area contributed by atoms with Crippen molar-refractivity contribution in [3.63, 3.8) is 0 Å². The maximum atomic E-state index is 13.4. The summed E-state index contributed by atoms with van der Waals surface area (Å²) < 4.78 is 38.7. The third kappa shape index (κ3) is 6.83. The molecule has 0 spiro atoms. The van der Waals surface area contributed by atoms with Gasteiger partial charge in [0.1, 0.15) is 0 Å². The predicted molar refractivity (Wildman–Crippen MR) is 136 cm³/mol. The van der Waals surface area contributed by atoms with E-state index >= 15 is 0 Å². The Morgan fingerprint density at radius 1 is 0.943 bits per heavy atom. The van der Waals surface area contributed by atoms with E-state index in [0.29, 0.717) is 17.9 Å². The Balaban J connectivity index is 1.78. The van der Waals surface area contributed by atoms with E-state index in [1.165, 1.54) is 4.31 Å². The van der Waals surface area contributed by atoms with Gasteiger partial charge in [0.25, 0.3) is 0 Å². The molecule has 3 aromatic carbocycles. The lowest BCUT2D eigenvalue weighted by Gasteiger charge is -2.23. The van der Waals surface area contributed by atoms with Crippen molar-refractivity contribution in [2.24, 2.45) is 0 Å². The molecule has 7 nitrogen and oxygen atoms in total. The standard InChI is InChI=1S/C27H32N2O5S/c1-20-10-13-24(14-11-20)35(31,32)29(17-16-22-8-6-5-7-9-22)19-27(30)28-21(2)23-12-15-25(33-3)26(18-23)34-4/h5-15,18,21H,16-17,19H2,1-4H3,(H,28,30)/t21-/m0/s1. The van der Waals surface area contributed by atoms with Crippen LogP contribution < -0.4 is 14.8 Å². The van der Waals surface area contributed by atoms with E-state index < -0.39 is 15.9 Å². The van der Waals surface area contributed by atoms with Gasteiger partial charge in [-0.05, 0) is 55.7 Å². The lowest BCUT2D eigenvalue weighted by atomic mass is 10.1. The zero-order valence-electron chi connectivity index (χ0n) is 20.5. The summed E-state index contributed by atoms with van der Waals surface area (Å²) in [6.45, 7) is 3.62. The number of rotatable bonds is 11. The molecule has 0 unspecified atom stereocenters. The smallest absolute Gasteiger partial charge is 0.243 e. The fraction of sp³-hybridized carbons (Fsp3) is 0.296. The van der Waals surface area contributed by atoms with E-state index in [-0.39, 0.29) is 24.0 Å². The van der Waals surface area contributed by atoms with Crippen molar-refractivity contribution < 1.29 is 22.7 Å². The first kappa shape index (κ1) is 26.2. The zero-order valence-corrected chi connectivity index (χ0v) is 21.3. The number of amides is 1. The Morgan fingerprint density at radius 2 is 1.60 bits per heavy atom. The Hall–Kier alpha value is -3.36. The van der Waals surface area contributed by atoms with Crippen molar-refractivity contribution in [1.29, 1.82) is 0 Å². The Kier molecular flexibility index (Phi) is 8.89. The third-order valence-electron chi connectivity index (χ3n) is 5.76. The van der Waals surface area contributed by atoms with Crippen molar-refractivity contribution in [2.75, 3.05) is 27.3 Å². The highest BCUT2D eigenvalue weighted by molar-refractivity contribution is 7.89. The van der Waals surface area contributed by atoms with Crippen LogP contribution in [0.1, 0.15) is 29.7 Å². The summed E-state index contributed by atoms with van der Waals surface area (Å²) in [7, 11) is -0.763. The molecule has 0 aliphatic heterocycles. The Bertz CT molecular complexity index is 1230. The van der Waals surface area contributed by atoms with Gasteiger partial charge in [0.2, 0.25) is 15.9 Å². The molecule has 0 aliphatic carbocycles. The highest BCUT2D eigenvalue weighted by Crippen LogP contribution is 2.30. The van der Waals surface area contributed by atoms with Crippen molar-refractivity contribution in [3.05, 3.63) is 89.5 Å². The molecular formula is C27H32N2O5S. The van der Waals surface area contributed by atoms with E-state index in [0.717, 1.165) is 16.7 Å². The molecule has 0 radical (unpaired) electrons. The molecule has 0 saturated heterocycles. The summed E-state index contributed by atoms with van der Waals surface area (Å²) in [6.07, 6.45) is 0.491. The summed E-state index contributed by atoms with van der Waals surface area (Å²) in [5, 5.41) is 2.90. The van der Waals surface area contributed by atoms with Crippen LogP contribution >= 0.6 is 0 Å². The van der Waals surface area contributed by atoms with Crippen LogP contribution in [-0.4, -0.2) is 45.9 Å². The van der Waals surface area contributed by atoms with Crippen molar-refractivity contribution >= 4 is 15.9 Å². The van der Waals surface area contributed by atoms with Gasteiger partial charge in [0.15, 0.2) is 11.5 Å². The summed E-state index contributed by atoms with van der Waals surface area (Å²) in [5.74, 6) is 0.750. The molecule has 0 bridgehead atoms. The number of benzene rings is 3. The van der Waals surface area contributed by atoms with Crippen LogP contribution in [0, 0.1) is 6.92 Å². The number of nitrogens with zero attached hydrogens (tertiary/aromatic N) is 1. The average molecular weight is 497 g/mol. The molecule has 1 atom stereocenters. The van der Waals surface area contributed by atoms with E-state index in [2.05, 4.69) is 5.32 Å². The number of carbonyl (C=O) groups excluding carboxylic acids is 1. The maximum absolute atomic E-state index is 13.4. The highest BCUT2D eigenvalue weighted by Gasteiger charge is 2.27. The fourth-order valence-corrected chi connectivity index (χ4v) is 5.09. The highest BCUT2D eigenvalue weighted by atomic mass is 32.2. The van der Waals surface area contributed by atoms with Gasteiger partial charge >= 0.3 is 0 Å². The fourth-order valence-electron chi connectivity index (χ4n) is 3.69. The summed E-state index contributed by atoms with van der Waals surface area (Å²) in [5.41, 5.74) is 2.77. The molecular weight excluding hydrogens is 464 g/mol. The van der Waals surface area contributed by atoms with Gasteiger partial charge < -0.3 is 14.8 Å². The minimum absolute atomic E-state index is 0.164. The van der Waals surface area contributed by atoms with E-state index in [1.54, 1.807) is 50.6 Å². The molecule has 8 heteroatoms. The Morgan fingerprint density at radius 3 is 2.23 bits per heavy atom. The molecule has 1 N–H and O–H groups in total. The number of ether oxygens (including phenoxy) is 2. The minimum atomic E-state index is -3.87. The van der Waals surface area contributed by atoms with Crippen LogP contribution in [0.2, 0.25) is 0 Å². The monoisotopic (exact) mass is 496 g/mol. The second-order valence-electron chi connectivity index (χ2n) is 8.29. The summed E-state index contributed by atoms with van der Waals surface area (Å²) in [4.78, 5) is 13.1. The molecule has 0 saturated carbocycles. The molecule has 1 amide bonds. The Labute approximate surface area is 207 Å². The molecule has 186 valence electrons. The molecule has 0 aromatic heterocycles. The first-order chi connectivity index (χ1) is 16.7. The van der Waals surface area contributed by atoms with Crippen LogP contribution in [0.4, 0.5) is 0 Å². The van der Waals surface area contributed by atoms with Crippen LogP contribution in [0.25, 0.3) is 0 Å². The van der Waals surface area contributed by atoms with Crippen LogP contribution in [0.3, 0.4) is 0 Å². The second kappa shape index (κ2) is 11.9. The first-order valence-corrected chi connectivity index (χ1v) is 12.8. The summed E-state index contributed by atoms with van der Waals surface area (Å²) in [6, 6.07) is 21.3. The average Bonchev–Trinajstić information content (AvgIpc) is 2.86. The molecule has 0 fully saturated rings. The topological polar surface area (TPSA) is 84.9 Å². The van der Waals surface area contributed by atoms with Crippen molar-refractivity contribution in [3.8, 4) is 11.5 Å². The molecule has 0 heterocycles. The van der Waals surface area contributed by atoms with E-state index in [4.69, 9.17) is 9.47 Å². The van der Waals surface area contributed by atoms with Crippen molar-refractivity contribution in [2.45, 2.75) is 31.2 Å². The zero-order chi connectivity index (χ0) is 25.4. The molecule has 3 rings (SSSR count). The largest absolute Gasteiger partial charge is 0.493 e. The van der Waals surface area contributed by atoms with Gasteiger partial charge in [-0.2, -0.15) is 4.31 Å². The first-order valence-electron chi connectivity index (χ1n) is 11.4. The van der Waals surface area contributed by atoms with Gasteiger partial charge in [-0.15, -0.1) is 0 Å². The van der Waals surface area contributed by atoms with Gasteiger partial charge in [-0.1, -0.05) is 54.1 Å². The number of methoxy groups -OCH3 is 2. The van der Waals surface area contributed by atoms with Gasteiger partial charge in [0.05, 0.1) is 31.7 Å². The summed E-state index contributed by atoms with van der Waals surface area (Å²) >= 11 is 0. The molecule has 35 heavy (non-hydrogen) atoms.